The first-order chi connectivity index (χ1) is 20.4. The van der Waals surface area contributed by atoms with E-state index in [9.17, 15) is 26.4 Å². The molecule has 12 nitrogen and oxygen atoms in total. The van der Waals surface area contributed by atoms with Gasteiger partial charge in [-0.15, -0.1) is 0 Å². The van der Waals surface area contributed by atoms with E-state index in [4.69, 9.17) is 17.8 Å². The summed E-state index contributed by atoms with van der Waals surface area (Å²) in [4.78, 5) is 26.7. The fraction of sp³-hybridized carbons (Fsp3) is 0.400. The fourth-order valence-electron chi connectivity index (χ4n) is 4.10. The maximum absolute atomic E-state index is 12.7. The number of nitrogens with zero attached hydrogens (tertiary/aromatic N) is 1. The summed E-state index contributed by atoms with van der Waals surface area (Å²) in [5.41, 5.74) is 0.346. The number of anilines is 1. The van der Waals surface area contributed by atoms with Gasteiger partial charge >= 0.3 is 5.97 Å². The quantitative estimate of drug-likeness (QED) is 0.200. The molecule has 44 heavy (non-hydrogen) atoms. The number of hydrogen-bond donors (Lipinski definition) is 1. The summed E-state index contributed by atoms with van der Waals surface area (Å²) < 4.78 is 67.3. The number of fused-ring (bicyclic) bond motifs is 1. The van der Waals surface area contributed by atoms with E-state index >= 15 is 0 Å². The number of esters is 1. The SMILES string of the molecule is C[C@H](NC(=O)c1ccc(Oc2ccc(N(CCOS(C)(=O)=O)CCOS(C)(=O)=O)c3ccccc23)cc1)C(=O)OC(C)(C)C. The van der Waals surface area contributed by atoms with E-state index in [0.717, 1.165) is 23.3 Å². The zero-order chi connectivity index (χ0) is 32.7. The number of carbonyl (C=O) groups is 2. The molecule has 1 N–H and O–H groups in total. The molecule has 0 spiro atoms. The summed E-state index contributed by atoms with van der Waals surface area (Å²) in [7, 11) is -7.35. The van der Waals surface area contributed by atoms with Gasteiger partial charge in [0.1, 0.15) is 23.1 Å². The minimum atomic E-state index is -3.67. The van der Waals surface area contributed by atoms with Crippen molar-refractivity contribution in [1.29, 1.82) is 0 Å². The second-order valence-corrected chi connectivity index (χ2v) is 14.3. The van der Waals surface area contributed by atoms with Gasteiger partial charge in [0.2, 0.25) is 0 Å². The molecule has 1 amide bonds. The predicted octanol–water partition coefficient (Wildman–Crippen LogP) is 3.85. The topological polar surface area (TPSA) is 155 Å². The third kappa shape index (κ3) is 11.1. The van der Waals surface area contributed by atoms with Crippen molar-refractivity contribution in [3.63, 3.8) is 0 Å². The Hall–Kier alpha value is -3.72. The lowest BCUT2D eigenvalue weighted by atomic mass is 10.1. The van der Waals surface area contributed by atoms with Crippen LogP contribution in [0.1, 0.15) is 38.1 Å². The standard InChI is InChI=1S/C30H38N2O10S2/c1-21(29(34)42-30(2,3)4)31-28(33)22-11-13-23(14-12-22)41-27-16-15-26(24-9-7-8-10-25(24)27)32(17-19-39-43(5,35)36)18-20-40-44(6,37)38/h7-16,21H,17-20H2,1-6H3,(H,31,33)/t21-/m0/s1. The third-order valence-corrected chi connectivity index (χ3v) is 7.16. The first-order valence-electron chi connectivity index (χ1n) is 13.7. The van der Waals surface area contributed by atoms with Gasteiger partial charge in [-0.25, -0.2) is 4.79 Å². The average Bonchev–Trinajstić information content (AvgIpc) is 2.90. The third-order valence-electron chi connectivity index (χ3n) is 5.97. The number of benzene rings is 3. The van der Waals surface area contributed by atoms with Gasteiger partial charge < -0.3 is 19.7 Å². The molecule has 0 aliphatic carbocycles. The minimum absolute atomic E-state index is 0.139. The molecule has 0 unspecified atom stereocenters. The highest BCUT2D eigenvalue weighted by Gasteiger charge is 2.23. The van der Waals surface area contributed by atoms with Crippen molar-refractivity contribution < 1.29 is 44.3 Å². The van der Waals surface area contributed by atoms with Gasteiger partial charge in [-0.2, -0.15) is 16.8 Å². The maximum Gasteiger partial charge on any atom is 0.328 e. The molecule has 0 radical (unpaired) electrons. The van der Waals surface area contributed by atoms with Crippen molar-refractivity contribution in [3.05, 3.63) is 66.2 Å². The smallest absolute Gasteiger partial charge is 0.328 e. The minimum Gasteiger partial charge on any atom is -0.458 e. The summed E-state index contributed by atoms with van der Waals surface area (Å²) in [6, 6.07) is 16.5. The van der Waals surface area contributed by atoms with Gasteiger partial charge in [-0.3, -0.25) is 13.2 Å². The highest BCUT2D eigenvalue weighted by atomic mass is 32.2. The van der Waals surface area contributed by atoms with Crippen LogP contribution in [0.15, 0.2) is 60.7 Å². The van der Waals surface area contributed by atoms with Crippen LogP contribution in [0, 0.1) is 0 Å². The van der Waals surface area contributed by atoms with Gasteiger partial charge in [0, 0.05) is 35.1 Å². The predicted molar refractivity (Wildman–Crippen MR) is 167 cm³/mol. The molecule has 0 bridgehead atoms. The van der Waals surface area contributed by atoms with Crippen molar-refractivity contribution in [2.75, 3.05) is 43.7 Å². The monoisotopic (exact) mass is 650 g/mol. The van der Waals surface area contributed by atoms with E-state index in [1.807, 2.05) is 24.3 Å². The number of amides is 1. The van der Waals surface area contributed by atoms with Crippen molar-refractivity contribution >= 4 is 48.6 Å². The van der Waals surface area contributed by atoms with Gasteiger partial charge in [-0.05, 0) is 64.1 Å². The van der Waals surface area contributed by atoms with Crippen molar-refractivity contribution in [3.8, 4) is 11.5 Å². The Morgan fingerprint density at radius 3 is 1.89 bits per heavy atom. The summed E-state index contributed by atoms with van der Waals surface area (Å²) >= 11 is 0. The number of carbonyl (C=O) groups excluding carboxylic acids is 2. The molecule has 3 aromatic carbocycles. The number of hydrogen-bond acceptors (Lipinski definition) is 11. The normalized spacial score (nSPS) is 12.9. The fourth-order valence-corrected chi connectivity index (χ4v) is 4.86. The molecule has 0 fully saturated rings. The molecule has 0 heterocycles. The lowest BCUT2D eigenvalue weighted by Crippen LogP contribution is -2.42. The summed E-state index contributed by atoms with van der Waals surface area (Å²) in [6.45, 7) is 6.77. The molecule has 14 heteroatoms. The van der Waals surface area contributed by atoms with Gasteiger partial charge in [0.15, 0.2) is 0 Å². The largest absolute Gasteiger partial charge is 0.458 e. The van der Waals surface area contributed by atoms with Gasteiger partial charge in [0.25, 0.3) is 26.1 Å². The summed E-state index contributed by atoms with van der Waals surface area (Å²) in [5, 5.41) is 4.12. The number of nitrogens with one attached hydrogen (secondary N) is 1. The van der Waals surface area contributed by atoms with Crippen LogP contribution in [-0.2, 0) is 38.1 Å². The molecular formula is C30H38N2O10S2. The van der Waals surface area contributed by atoms with Crippen molar-refractivity contribution in [2.45, 2.75) is 39.3 Å². The first-order valence-corrected chi connectivity index (χ1v) is 17.3. The highest BCUT2D eigenvalue weighted by molar-refractivity contribution is 7.86. The molecular weight excluding hydrogens is 612 g/mol. The van der Waals surface area contributed by atoms with E-state index in [-0.39, 0.29) is 26.3 Å². The first kappa shape index (κ1) is 34.8. The number of rotatable bonds is 14. The van der Waals surface area contributed by atoms with Crippen LogP contribution in [0.25, 0.3) is 10.8 Å². The van der Waals surface area contributed by atoms with E-state index in [2.05, 4.69) is 5.32 Å². The summed E-state index contributed by atoms with van der Waals surface area (Å²) in [5.74, 6) is -0.00512. The molecule has 0 aliphatic heterocycles. The Morgan fingerprint density at radius 2 is 1.36 bits per heavy atom. The van der Waals surface area contributed by atoms with Crippen LogP contribution in [0.4, 0.5) is 5.69 Å². The second kappa shape index (κ2) is 14.4. The Labute approximate surface area is 258 Å². The Balaban J connectivity index is 1.80. The Morgan fingerprint density at radius 1 is 0.818 bits per heavy atom. The van der Waals surface area contributed by atoms with Gasteiger partial charge in [0.05, 0.1) is 25.7 Å². The average molecular weight is 651 g/mol. The Kier molecular flexibility index (Phi) is 11.4. The molecule has 0 saturated heterocycles. The van der Waals surface area contributed by atoms with Crippen LogP contribution < -0.4 is 15.0 Å². The molecule has 0 saturated carbocycles. The molecule has 3 aromatic rings. The van der Waals surface area contributed by atoms with Crippen LogP contribution in [-0.4, -0.2) is 79.2 Å². The van der Waals surface area contributed by atoms with E-state index in [1.165, 1.54) is 0 Å². The van der Waals surface area contributed by atoms with Crippen LogP contribution in [0.3, 0.4) is 0 Å². The van der Waals surface area contributed by atoms with Crippen LogP contribution in [0.2, 0.25) is 0 Å². The van der Waals surface area contributed by atoms with E-state index in [1.54, 1.807) is 69.0 Å². The Bertz CT molecular complexity index is 1640. The van der Waals surface area contributed by atoms with Crippen LogP contribution >= 0.6 is 0 Å². The highest BCUT2D eigenvalue weighted by Crippen LogP contribution is 2.36. The molecule has 0 aromatic heterocycles. The molecule has 240 valence electrons. The van der Waals surface area contributed by atoms with Gasteiger partial charge in [-0.1, -0.05) is 24.3 Å². The van der Waals surface area contributed by atoms with E-state index < -0.39 is 43.8 Å². The lowest BCUT2D eigenvalue weighted by molar-refractivity contribution is -0.156. The van der Waals surface area contributed by atoms with Crippen molar-refractivity contribution in [2.24, 2.45) is 0 Å². The molecule has 1 atom stereocenters. The van der Waals surface area contributed by atoms with Crippen LogP contribution in [0.5, 0.6) is 11.5 Å². The second-order valence-electron chi connectivity index (χ2n) is 11.0. The van der Waals surface area contributed by atoms with Crippen molar-refractivity contribution in [1.82, 2.24) is 5.32 Å². The molecule has 3 rings (SSSR count). The molecule has 0 aliphatic rings. The maximum atomic E-state index is 12.7. The zero-order valence-electron chi connectivity index (χ0n) is 25.5. The van der Waals surface area contributed by atoms with E-state index in [0.29, 0.717) is 22.7 Å². The lowest BCUT2D eigenvalue weighted by Gasteiger charge is -2.26. The number of ether oxygens (including phenoxy) is 2. The summed E-state index contributed by atoms with van der Waals surface area (Å²) in [6.07, 6.45) is 1.91. The zero-order valence-corrected chi connectivity index (χ0v) is 27.2.